The van der Waals surface area contributed by atoms with Crippen LogP contribution >= 0.6 is 11.6 Å². The fourth-order valence-corrected chi connectivity index (χ4v) is 1.76. The number of aromatic nitrogens is 2. The van der Waals surface area contributed by atoms with Gasteiger partial charge in [0.2, 0.25) is 5.95 Å². The van der Waals surface area contributed by atoms with Crippen molar-refractivity contribution in [1.29, 1.82) is 0 Å². The lowest BCUT2D eigenvalue weighted by molar-refractivity contribution is 0.966. The summed E-state index contributed by atoms with van der Waals surface area (Å²) >= 11 is 5.85. The smallest absolute Gasteiger partial charge is 0.228 e. The molecule has 22 heavy (non-hydrogen) atoms. The molecule has 0 bridgehead atoms. The highest BCUT2D eigenvalue weighted by Crippen LogP contribution is 2.17. The molecule has 1 heterocycles. The van der Waals surface area contributed by atoms with Gasteiger partial charge in [0.25, 0.3) is 0 Å². The SMILES string of the molecule is CN(C)c1cc(NN=Cc2ccc(Cl)cc2)nc(N(C)C)n1. The summed E-state index contributed by atoms with van der Waals surface area (Å²) in [6, 6.07) is 9.27. The average Bonchev–Trinajstić information content (AvgIpc) is 2.49. The largest absolute Gasteiger partial charge is 0.363 e. The normalized spacial score (nSPS) is 10.8. The van der Waals surface area contributed by atoms with E-state index >= 15 is 0 Å². The van der Waals surface area contributed by atoms with E-state index in [0.29, 0.717) is 16.8 Å². The summed E-state index contributed by atoms with van der Waals surface area (Å²) in [4.78, 5) is 12.6. The fraction of sp³-hybridized carbons (Fsp3) is 0.267. The molecule has 0 aliphatic heterocycles. The maximum atomic E-state index is 5.85. The van der Waals surface area contributed by atoms with Crippen LogP contribution in [0.15, 0.2) is 35.4 Å². The summed E-state index contributed by atoms with van der Waals surface area (Å²) in [6.07, 6.45) is 1.71. The van der Waals surface area contributed by atoms with E-state index in [9.17, 15) is 0 Å². The van der Waals surface area contributed by atoms with Gasteiger partial charge in [-0.05, 0) is 17.7 Å². The van der Waals surface area contributed by atoms with Crippen molar-refractivity contribution in [3.8, 4) is 0 Å². The van der Waals surface area contributed by atoms with E-state index in [0.717, 1.165) is 11.4 Å². The van der Waals surface area contributed by atoms with Crippen molar-refractivity contribution in [3.63, 3.8) is 0 Å². The lowest BCUT2D eigenvalue weighted by Crippen LogP contribution is -2.17. The highest BCUT2D eigenvalue weighted by atomic mass is 35.5. The van der Waals surface area contributed by atoms with E-state index in [1.807, 2.05) is 68.3 Å². The molecule has 1 aromatic heterocycles. The van der Waals surface area contributed by atoms with Gasteiger partial charge in [-0.1, -0.05) is 23.7 Å². The van der Waals surface area contributed by atoms with Gasteiger partial charge < -0.3 is 9.80 Å². The van der Waals surface area contributed by atoms with Crippen molar-refractivity contribution >= 4 is 35.4 Å². The number of hydrogen-bond donors (Lipinski definition) is 1. The van der Waals surface area contributed by atoms with Gasteiger partial charge in [-0.15, -0.1) is 0 Å². The molecule has 0 radical (unpaired) electrons. The van der Waals surface area contributed by atoms with E-state index in [2.05, 4.69) is 20.5 Å². The zero-order valence-electron chi connectivity index (χ0n) is 13.1. The Kier molecular flexibility index (Phi) is 5.16. The van der Waals surface area contributed by atoms with Crippen LogP contribution in [-0.4, -0.2) is 44.4 Å². The first-order chi connectivity index (χ1) is 10.5. The van der Waals surface area contributed by atoms with Crippen molar-refractivity contribution in [2.75, 3.05) is 43.4 Å². The summed E-state index contributed by atoms with van der Waals surface area (Å²) in [5.41, 5.74) is 3.88. The number of nitrogens with zero attached hydrogens (tertiary/aromatic N) is 5. The van der Waals surface area contributed by atoms with Crippen LogP contribution in [0.1, 0.15) is 5.56 Å². The van der Waals surface area contributed by atoms with Crippen molar-refractivity contribution < 1.29 is 0 Å². The highest BCUT2D eigenvalue weighted by molar-refractivity contribution is 6.30. The molecule has 0 spiro atoms. The summed E-state index contributed by atoms with van der Waals surface area (Å²) in [6.45, 7) is 0. The molecule has 0 aliphatic rings. The van der Waals surface area contributed by atoms with Crippen LogP contribution in [0.3, 0.4) is 0 Å². The molecule has 1 aromatic carbocycles. The minimum atomic E-state index is 0.621. The summed E-state index contributed by atoms with van der Waals surface area (Å²) in [5.74, 6) is 2.06. The number of hydrogen-bond acceptors (Lipinski definition) is 6. The Balaban J connectivity index is 2.16. The second-order valence-electron chi connectivity index (χ2n) is 5.12. The van der Waals surface area contributed by atoms with Gasteiger partial charge in [0.15, 0.2) is 5.82 Å². The monoisotopic (exact) mass is 318 g/mol. The molecule has 0 unspecified atom stereocenters. The van der Waals surface area contributed by atoms with Gasteiger partial charge >= 0.3 is 0 Å². The number of rotatable bonds is 5. The number of anilines is 3. The zero-order chi connectivity index (χ0) is 16.1. The van der Waals surface area contributed by atoms with Crippen LogP contribution in [0.5, 0.6) is 0 Å². The van der Waals surface area contributed by atoms with Crippen molar-refractivity contribution in [3.05, 3.63) is 40.9 Å². The zero-order valence-corrected chi connectivity index (χ0v) is 13.8. The predicted octanol–water partition coefficient (Wildman–Crippen LogP) is 2.71. The first-order valence-corrected chi connectivity index (χ1v) is 7.12. The van der Waals surface area contributed by atoms with E-state index in [4.69, 9.17) is 11.6 Å². The summed E-state index contributed by atoms with van der Waals surface area (Å²) < 4.78 is 0. The number of hydrazone groups is 1. The first kappa shape index (κ1) is 16.0. The van der Waals surface area contributed by atoms with E-state index in [1.165, 1.54) is 0 Å². The molecule has 0 saturated heterocycles. The number of halogens is 1. The van der Waals surface area contributed by atoms with Crippen LogP contribution in [0, 0.1) is 0 Å². The number of nitrogens with one attached hydrogen (secondary N) is 1. The van der Waals surface area contributed by atoms with E-state index in [-0.39, 0.29) is 0 Å². The molecule has 116 valence electrons. The third-order valence-electron chi connectivity index (χ3n) is 2.82. The highest BCUT2D eigenvalue weighted by Gasteiger charge is 2.07. The average molecular weight is 319 g/mol. The molecule has 7 heteroatoms. The summed E-state index contributed by atoms with van der Waals surface area (Å²) in [5, 5.41) is 4.90. The maximum Gasteiger partial charge on any atom is 0.228 e. The molecule has 0 fully saturated rings. The molecule has 6 nitrogen and oxygen atoms in total. The second-order valence-corrected chi connectivity index (χ2v) is 5.56. The Morgan fingerprint density at radius 2 is 1.73 bits per heavy atom. The Labute approximate surface area is 135 Å². The predicted molar refractivity (Wildman–Crippen MR) is 93.4 cm³/mol. The maximum absolute atomic E-state index is 5.85. The lowest BCUT2D eigenvalue weighted by atomic mass is 10.2. The van der Waals surface area contributed by atoms with Crippen molar-refractivity contribution in [1.82, 2.24) is 9.97 Å². The first-order valence-electron chi connectivity index (χ1n) is 6.74. The Morgan fingerprint density at radius 1 is 1.05 bits per heavy atom. The van der Waals surface area contributed by atoms with Gasteiger partial charge in [0.1, 0.15) is 5.82 Å². The summed E-state index contributed by atoms with van der Waals surface area (Å²) in [7, 11) is 7.66. The Hall–Kier alpha value is -2.34. The van der Waals surface area contributed by atoms with Gasteiger partial charge in [-0.25, -0.2) is 0 Å². The third-order valence-corrected chi connectivity index (χ3v) is 3.07. The van der Waals surface area contributed by atoms with E-state index in [1.54, 1.807) is 6.21 Å². The van der Waals surface area contributed by atoms with Crippen LogP contribution < -0.4 is 15.2 Å². The van der Waals surface area contributed by atoms with E-state index < -0.39 is 0 Å². The molecular formula is C15H19ClN6. The standard InChI is InChI=1S/C15H19ClN6/c1-21(2)14-9-13(18-15(19-14)22(3)4)20-17-10-11-5-7-12(16)8-6-11/h5-10H,1-4H3,(H,18,19,20). The Morgan fingerprint density at radius 3 is 2.32 bits per heavy atom. The van der Waals surface area contributed by atoms with Gasteiger partial charge in [-0.3, -0.25) is 5.43 Å². The van der Waals surface area contributed by atoms with Crippen molar-refractivity contribution in [2.24, 2.45) is 5.10 Å². The lowest BCUT2D eigenvalue weighted by Gasteiger charge is -2.16. The molecule has 0 atom stereocenters. The molecular weight excluding hydrogens is 300 g/mol. The number of benzene rings is 1. The molecule has 1 N–H and O–H groups in total. The van der Waals surface area contributed by atoms with Crippen LogP contribution in [0.4, 0.5) is 17.6 Å². The molecule has 0 saturated carbocycles. The second kappa shape index (κ2) is 7.09. The minimum Gasteiger partial charge on any atom is -0.363 e. The third kappa shape index (κ3) is 4.33. The van der Waals surface area contributed by atoms with Gasteiger partial charge in [0, 0.05) is 39.3 Å². The molecule has 0 amide bonds. The molecule has 2 rings (SSSR count). The van der Waals surface area contributed by atoms with Crippen LogP contribution in [-0.2, 0) is 0 Å². The van der Waals surface area contributed by atoms with Crippen molar-refractivity contribution in [2.45, 2.75) is 0 Å². The topological polar surface area (TPSA) is 56.6 Å². The van der Waals surface area contributed by atoms with Gasteiger partial charge in [0.05, 0.1) is 6.21 Å². The molecule has 2 aromatic rings. The Bertz CT molecular complexity index is 625. The van der Waals surface area contributed by atoms with Crippen LogP contribution in [0.25, 0.3) is 0 Å². The quantitative estimate of drug-likeness (QED) is 0.678. The van der Waals surface area contributed by atoms with Crippen LogP contribution in [0.2, 0.25) is 5.02 Å². The van der Waals surface area contributed by atoms with Gasteiger partial charge in [-0.2, -0.15) is 15.1 Å². The fourth-order valence-electron chi connectivity index (χ4n) is 1.63. The minimum absolute atomic E-state index is 0.621. The molecule has 0 aliphatic carbocycles.